The maximum absolute atomic E-state index is 11.2. The highest BCUT2D eigenvalue weighted by Gasteiger charge is 2.25. The fourth-order valence-corrected chi connectivity index (χ4v) is 3.13. The summed E-state index contributed by atoms with van der Waals surface area (Å²) in [7, 11) is 0. The van der Waals surface area contributed by atoms with Crippen molar-refractivity contribution in [3.63, 3.8) is 0 Å². The molecule has 1 aliphatic heterocycles. The number of phenolic OH excluding ortho intramolecular Hbond substituents is 1. The highest BCUT2D eigenvalue weighted by Crippen LogP contribution is 2.32. The largest absolute Gasteiger partial charge is 0.508 e. The van der Waals surface area contributed by atoms with Crippen LogP contribution in [0.2, 0.25) is 0 Å². The van der Waals surface area contributed by atoms with E-state index in [-0.39, 0.29) is 5.91 Å². The lowest BCUT2D eigenvalue weighted by molar-refractivity contribution is -0.122. The average Bonchev–Trinajstić information content (AvgIpc) is 2.41. The Kier molecular flexibility index (Phi) is 3.42. The first-order valence-corrected chi connectivity index (χ1v) is 7.07. The van der Waals surface area contributed by atoms with Crippen molar-refractivity contribution in [1.82, 2.24) is 10.6 Å². The zero-order valence-electron chi connectivity index (χ0n) is 11.0. The van der Waals surface area contributed by atoms with Gasteiger partial charge in [-0.3, -0.25) is 4.79 Å². The highest BCUT2D eigenvalue weighted by atomic mass is 16.3. The zero-order chi connectivity index (χ0) is 13.2. The number of amides is 1. The van der Waals surface area contributed by atoms with Gasteiger partial charge in [-0.2, -0.15) is 0 Å². The van der Waals surface area contributed by atoms with Gasteiger partial charge in [0.1, 0.15) is 5.75 Å². The third-order valence-electron chi connectivity index (χ3n) is 4.14. The Hall–Kier alpha value is -1.55. The Balaban J connectivity index is 1.71. The Morgan fingerprint density at radius 1 is 1.26 bits per heavy atom. The van der Waals surface area contributed by atoms with Gasteiger partial charge in [0, 0.05) is 25.0 Å². The molecule has 4 heteroatoms. The van der Waals surface area contributed by atoms with E-state index in [1.54, 1.807) is 6.07 Å². The number of phenols is 1. The first-order chi connectivity index (χ1) is 9.22. The van der Waals surface area contributed by atoms with Gasteiger partial charge in [-0.1, -0.05) is 6.07 Å². The molecule has 2 aliphatic rings. The van der Waals surface area contributed by atoms with Crippen LogP contribution in [0.15, 0.2) is 18.2 Å². The molecule has 1 aromatic carbocycles. The van der Waals surface area contributed by atoms with Crippen LogP contribution in [0.5, 0.6) is 5.75 Å². The van der Waals surface area contributed by atoms with E-state index in [0.29, 0.717) is 24.3 Å². The van der Waals surface area contributed by atoms with Crippen molar-refractivity contribution < 1.29 is 9.90 Å². The summed E-state index contributed by atoms with van der Waals surface area (Å²) in [6.45, 7) is 0.725. The molecule has 1 aromatic rings. The molecule has 1 fully saturated rings. The van der Waals surface area contributed by atoms with Crippen LogP contribution in [0.25, 0.3) is 0 Å². The van der Waals surface area contributed by atoms with Crippen LogP contribution in [-0.4, -0.2) is 23.6 Å². The van der Waals surface area contributed by atoms with E-state index in [1.807, 2.05) is 12.1 Å². The molecular weight excluding hydrogens is 240 g/mol. The molecule has 3 rings (SSSR count). The summed E-state index contributed by atoms with van der Waals surface area (Å²) in [4.78, 5) is 11.2. The lowest BCUT2D eigenvalue weighted by Gasteiger charge is -2.32. The molecule has 2 unspecified atom stereocenters. The summed E-state index contributed by atoms with van der Waals surface area (Å²) in [5, 5.41) is 16.1. The molecule has 2 atom stereocenters. The number of nitrogens with one attached hydrogen (secondary N) is 2. The van der Waals surface area contributed by atoms with Gasteiger partial charge in [0.15, 0.2) is 0 Å². The SMILES string of the molecule is O=C1CCC(NC2CCCc3cc(O)ccc32)CN1. The second-order valence-electron chi connectivity index (χ2n) is 5.53. The molecule has 19 heavy (non-hydrogen) atoms. The number of aryl methyl sites for hydroxylation is 1. The summed E-state index contributed by atoms with van der Waals surface area (Å²) in [6.07, 6.45) is 4.85. The fraction of sp³-hybridized carbons (Fsp3) is 0.533. The quantitative estimate of drug-likeness (QED) is 0.757. The third kappa shape index (κ3) is 2.73. The molecule has 102 valence electrons. The molecule has 0 aromatic heterocycles. The predicted molar refractivity (Wildman–Crippen MR) is 73.0 cm³/mol. The van der Waals surface area contributed by atoms with Gasteiger partial charge in [-0.15, -0.1) is 0 Å². The molecule has 0 bridgehead atoms. The van der Waals surface area contributed by atoms with Crippen LogP contribution < -0.4 is 10.6 Å². The lowest BCUT2D eigenvalue weighted by atomic mass is 9.86. The number of fused-ring (bicyclic) bond motifs is 1. The molecular formula is C15H20N2O2. The maximum Gasteiger partial charge on any atom is 0.220 e. The van der Waals surface area contributed by atoms with Gasteiger partial charge < -0.3 is 15.7 Å². The van der Waals surface area contributed by atoms with E-state index in [4.69, 9.17) is 0 Å². The van der Waals surface area contributed by atoms with Crippen molar-refractivity contribution in [1.29, 1.82) is 0 Å². The zero-order valence-corrected chi connectivity index (χ0v) is 11.0. The molecule has 0 radical (unpaired) electrons. The number of hydrogen-bond acceptors (Lipinski definition) is 3. The Morgan fingerprint density at radius 2 is 2.16 bits per heavy atom. The van der Waals surface area contributed by atoms with Gasteiger partial charge in [-0.05, 0) is 48.9 Å². The second kappa shape index (κ2) is 5.21. The van der Waals surface area contributed by atoms with Crippen LogP contribution in [0.1, 0.15) is 42.9 Å². The van der Waals surface area contributed by atoms with Gasteiger partial charge >= 0.3 is 0 Å². The van der Waals surface area contributed by atoms with Crippen LogP contribution in [-0.2, 0) is 11.2 Å². The van der Waals surface area contributed by atoms with Gasteiger partial charge in [0.05, 0.1) is 0 Å². The summed E-state index contributed by atoms with van der Waals surface area (Å²) in [5.41, 5.74) is 2.56. The number of rotatable bonds is 2. The van der Waals surface area contributed by atoms with E-state index in [2.05, 4.69) is 10.6 Å². The standard InChI is InChI=1S/C15H20N2O2/c18-12-5-6-13-10(8-12)2-1-3-14(13)17-11-4-7-15(19)16-9-11/h5-6,8,11,14,17-18H,1-4,7,9H2,(H,16,19). The molecule has 1 saturated heterocycles. The van der Waals surface area contributed by atoms with Crippen molar-refractivity contribution in [2.45, 2.75) is 44.2 Å². The first kappa shape index (κ1) is 12.5. The van der Waals surface area contributed by atoms with E-state index >= 15 is 0 Å². The molecule has 1 heterocycles. The van der Waals surface area contributed by atoms with E-state index < -0.39 is 0 Å². The molecule has 1 amide bonds. The normalized spacial score (nSPS) is 26.6. The van der Waals surface area contributed by atoms with E-state index in [9.17, 15) is 9.90 Å². The van der Waals surface area contributed by atoms with Crippen molar-refractivity contribution in [3.05, 3.63) is 29.3 Å². The van der Waals surface area contributed by atoms with E-state index in [0.717, 1.165) is 32.2 Å². The Morgan fingerprint density at radius 3 is 2.95 bits per heavy atom. The summed E-state index contributed by atoms with van der Waals surface area (Å²) in [5.74, 6) is 0.511. The van der Waals surface area contributed by atoms with Crippen molar-refractivity contribution >= 4 is 5.91 Å². The molecule has 0 spiro atoms. The number of carbonyl (C=O) groups excluding carboxylic acids is 1. The summed E-state index contributed by atoms with van der Waals surface area (Å²) in [6, 6.07) is 6.39. The molecule has 4 nitrogen and oxygen atoms in total. The maximum atomic E-state index is 11.2. The first-order valence-electron chi connectivity index (χ1n) is 7.07. The number of aromatic hydroxyl groups is 1. The van der Waals surface area contributed by atoms with Crippen molar-refractivity contribution in [2.75, 3.05) is 6.54 Å². The summed E-state index contributed by atoms with van der Waals surface area (Å²) >= 11 is 0. The Labute approximate surface area is 113 Å². The minimum Gasteiger partial charge on any atom is -0.508 e. The smallest absolute Gasteiger partial charge is 0.220 e. The highest BCUT2D eigenvalue weighted by molar-refractivity contribution is 5.76. The number of carbonyl (C=O) groups is 1. The van der Waals surface area contributed by atoms with Crippen molar-refractivity contribution in [2.24, 2.45) is 0 Å². The fourth-order valence-electron chi connectivity index (χ4n) is 3.13. The topological polar surface area (TPSA) is 61.4 Å². The average molecular weight is 260 g/mol. The number of hydrogen-bond donors (Lipinski definition) is 3. The van der Waals surface area contributed by atoms with Gasteiger partial charge in [-0.25, -0.2) is 0 Å². The minimum absolute atomic E-state index is 0.159. The van der Waals surface area contributed by atoms with Crippen LogP contribution >= 0.6 is 0 Å². The Bertz CT molecular complexity index is 477. The molecule has 1 aliphatic carbocycles. The predicted octanol–water partition coefficient (Wildman–Crippen LogP) is 1.64. The second-order valence-corrected chi connectivity index (χ2v) is 5.53. The van der Waals surface area contributed by atoms with Crippen LogP contribution in [0.4, 0.5) is 0 Å². The van der Waals surface area contributed by atoms with E-state index in [1.165, 1.54) is 11.1 Å². The van der Waals surface area contributed by atoms with Gasteiger partial charge in [0.25, 0.3) is 0 Å². The summed E-state index contributed by atoms with van der Waals surface area (Å²) < 4.78 is 0. The van der Waals surface area contributed by atoms with Crippen LogP contribution in [0, 0.1) is 0 Å². The third-order valence-corrected chi connectivity index (χ3v) is 4.14. The minimum atomic E-state index is 0.159. The molecule has 3 N–H and O–H groups in total. The van der Waals surface area contributed by atoms with Gasteiger partial charge in [0.2, 0.25) is 5.91 Å². The lowest BCUT2D eigenvalue weighted by Crippen LogP contribution is -2.47. The van der Waals surface area contributed by atoms with Crippen LogP contribution in [0.3, 0.4) is 0 Å². The molecule has 0 saturated carbocycles. The number of benzene rings is 1. The number of piperidine rings is 1. The monoisotopic (exact) mass is 260 g/mol. The van der Waals surface area contributed by atoms with Crippen molar-refractivity contribution in [3.8, 4) is 5.75 Å².